The van der Waals surface area contributed by atoms with Gasteiger partial charge in [-0.1, -0.05) is 100 Å². The second-order valence-electron chi connectivity index (χ2n) is 11.6. The molecule has 2 heteroatoms. The lowest BCUT2D eigenvalue weighted by Crippen LogP contribution is -2.19. The molecule has 2 heterocycles. The van der Waals surface area contributed by atoms with Crippen molar-refractivity contribution in [2.75, 3.05) is 0 Å². The summed E-state index contributed by atoms with van der Waals surface area (Å²) < 4.78 is 2.43. The summed E-state index contributed by atoms with van der Waals surface area (Å²) in [5.41, 5.74) is 13.5. The van der Waals surface area contributed by atoms with Gasteiger partial charge in [0.2, 0.25) is 0 Å². The van der Waals surface area contributed by atoms with E-state index in [0.717, 1.165) is 5.82 Å². The number of hydrogen-bond acceptors (Lipinski definition) is 1. The first-order chi connectivity index (χ1) is 17.9. The molecule has 6 aromatic rings. The first kappa shape index (κ1) is 21.0. The smallest absolute Gasteiger partial charge is 0.137 e. The number of nitrogens with zero attached hydrogens (tertiary/aromatic N) is 2. The van der Waals surface area contributed by atoms with Gasteiger partial charge in [0.25, 0.3) is 0 Å². The first-order valence-corrected chi connectivity index (χ1v) is 13.2. The SMILES string of the molecule is CC1(C)c2ccccc2-c2c3c(c4c(c21)c1ccccc1n4-c1ccccn1)C(C)(C)c1ccccc1-3. The molecule has 0 saturated heterocycles. The predicted molar refractivity (Wildman–Crippen MR) is 154 cm³/mol. The van der Waals surface area contributed by atoms with Gasteiger partial charge in [-0.15, -0.1) is 0 Å². The normalized spacial score (nSPS) is 16.0. The standard InChI is InChI=1S/C35H28N2/c1-34(2)24-16-8-5-13-21(24)28-29-22-14-6-9-17-25(22)35(3,4)32(29)33-30(31(28)34)23-15-7-10-18-26(23)37(33)27-19-11-12-20-36-27/h5-20H,1-4H3. The molecule has 2 aliphatic carbocycles. The topological polar surface area (TPSA) is 17.8 Å². The van der Waals surface area contributed by atoms with E-state index < -0.39 is 0 Å². The van der Waals surface area contributed by atoms with Gasteiger partial charge in [-0.3, -0.25) is 4.57 Å². The fraction of sp³-hybridized carbons (Fsp3) is 0.171. The molecule has 0 amide bonds. The summed E-state index contributed by atoms with van der Waals surface area (Å²) in [5.74, 6) is 0.968. The minimum absolute atomic E-state index is 0.125. The minimum atomic E-state index is -0.151. The van der Waals surface area contributed by atoms with Gasteiger partial charge in [0, 0.05) is 27.8 Å². The first-order valence-electron chi connectivity index (χ1n) is 13.2. The van der Waals surface area contributed by atoms with Crippen molar-refractivity contribution in [2.24, 2.45) is 0 Å². The van der Waals surface area contributed by atoms with Gasteiger partial charge in [0.05, 0.1) is 11.0 Å². The molecule has 37 heavy (non-hydrogen) atoms. The lowest BCUT2D eigenvalue weighted by molar-refractivity contribution is 0.658. The van der Waals surface area contributed by atoms with E-state index in [9.17, 15) is 0 Å². The van der Waals surface area contributed by atoms with E-state index in [4.69, 9.17) is 4.98 Å². The Morgan fingerprint density at radius 3 is 1.84 bits per heavy atom. The number of benzene rings is 4. The molecule has 0 fully saturated rings. The molecule has 0 unspecified atom stereocenters. The van der Waals surface area contributed by atoms with Crippen LogP contribution in [0.3, 0.4) is 0 Å². The Hall–Kier alpha value is -4.17. The van der Waals surface area contributed by atoms with E-state index in [1.165, 1.54) is 66.3 Å². The van der Waals surface area contributed by atoms with Gasteiger partial charge >= 0.3 is 0 Å². The number of rotatable bonds is 1. The summed E-state index contributed by atoms with van der Waals surface area (Å²) in [6.45, 7) is 9.61. The van der Waals surface area contributed by atoms with Crippen molar-refractivity contribution in [3.8, 4) is 28.1 Å². The summed E-state index contributed by atoms with van der Waals surface area (Å²) in [5, 5.41) is 2.67. The maximum absolute atomic E-state index is 4.88. The van der Waals surface area contributed by atoms with Crippen LogP contribution in [0.5, 0.6) is 0 Å². The molecule has 0 aliphatic heterocycles. The average molecular weight is 477 g/mol. The van der Waals surface area contributed by atoms with Crippen LogP contribution in [0, 0.1) is 0 Å². The Bertz CT molecular complexity index is 1920. The zero-order valence-corrected chi connectivity index (χ0v) is 21.6. The fourth-order valence-corrected chi connectivity index (χ4v) is 7.48. The van der Waals surface area contributed by atoms with Crippen LogP contribution < -0.4 is 0 Å². The van der Waals surface area contributed by atoms with Crippen LogP contribution in [0.4, 0.5) is 0 Å². The zero-order valence-electron chi connectivity index (χ0n) is 21.6. The number of hydrogen-bond donors (Lipinski definition) is 0. The van der Waals surface area contributed by atoms with Crippen molar-refractivity contribution in [2.45, 2.75) is 38.5 Å². The van der Waals surface area contributed by atoms with E-state index in [1.807, 2.05) is 12.3 Å². The lowest BCUT2D eigenvalue weighted by atomic mass is 9.76. The summed E-state index contributed by atoms with van der Waals surface area (Å²) in [6.07, 6.45) is 1.91. The third-order valence-electron chi connectivity index (χ3n) is 8.98. The van der Waals surface area contributed by atoms with Gasteiger partial charge in [-0.2, -0.15) is 0 Å². The Morgan fingerprint density at radius 2 is 1.16 bits per heavy atom. The highest BCUT2D eigenvalue weighted by Gasteiger charge is 2.47. The van der Waals surface area contributed by atoms with Crippen molar-refractivity contribution in [3.05, 3.63) is 119 Å². The molecule has 0 radical (unpaired) electrons. The van der Waals surface area contributed by atoms with Crippen molar-refractivity contribution >= 4 is 21.8 Å². The van der Waals surface area contributed by atoms with Gasteiger partial charge in [-0.25, -0.2) is 4.98 Å². The second-order valence-corrected chi connectivity index (χ2v) is 11.6. The van der Waals surface area contributed by atoms with Crippen LogP contribution in [0.1, 0.15) is 49.9 Å². The largest absolute Gasteiger partial charge is 0.293 e. The van der Waals surface area contributed by atoms with E-state index in [0.29, 0.717) is 0 Å². The second kappa shape index (κ2) is 6.77. The molecule has 2 nitrogen and oxygen atoms in total. The third-order valence-corrected chi connectivity index (χ3v) is 8.98. The van der Waals surface area contributed by atoms with Crippen LogP contribution in [-0.4, -0.2) is 9.55 Å². The molecule has 178 valence electrons. The van der Waals surface area contributed by atoms with Crippen molar-refractivity contribution in [1.29, 1.82) is 0 Å². The Labute approximate surface area is 217 Å². The van der Waals surface area contributed by atoms with Gasteiger partial charge < -0.3 is 0 Å². The quantitative estimate of drug-likeness (QED) is 0.232. The molecule has 2 aliphatic rings. The van der Waals surface area contributed by atoms with Crippen molar-refractivity contribution in [3.63, 3.8) is 0 Å². The van der Waals surface area contributed by atoms with Gasteiger partial charge in [0.1, 0.15) is 5.82 Å². The molecule has 0 spiro atoms. The van der Waals surface area contributed by atoms with E-state index in [1.54, 1.807) is 0 Å². The monoisotopic (exact) mass is 476 g/mol. The molecule has 0 atom stereocenters. The van der Waals surface area contributed by atoms with Crippen LogP contribution in [-0.2, 0) is 10.8 Å². The molecule has 4 aromatic carbocycles. The maximum Gasteiger partial charge on any atom is 0.137 e. The van der Waals surface area contributed by atoms with Crippen LogP contribution in [0.15, 0.2) is 97.2 Å². The van der Waals surface area contributed by atoms with E-state index in [-0.39, 0.29) is 10.8 Å². The summed E-state index contributed by atoms with van der Waals surface area (Å²) in [6, 6.07) is 33.2. The van der Waals surface area contributed by atoms with E-state index in [2.05, 4.69) is 117 Å². The van der Waals surface area contributed by atoms with Crippen LogP contribution in [0.2, 0.25) is 0 Å². The summed E-state index contributed by atoms with van der Waals surface area (Å²) in [4.78, 5) is 4.88. The van der Waals surface area contributed by atoms with Gasteiger partial charge in [0.15, 0.2) is 0 Å². The zero-order chi connectivity index (χ0) is 25.1. The number of aromatic nitrogens is 2. The van der Waals surface area contributed by atoms with Crippen LogP contribution >= 0.6 is 0 Å². The molecule has 2 aromatic heterocycles. The Balaban J connectivity index is 1.73. The highest BCUT2D eigenvalue weighted by molar-refractivity contribution is 6.20. The molecule has 8 rings (SSSR count). The number of fused-ring (bicyclic) bond motifs is 12. The van der Waals surface area contributed by atoms with Crippen molar-refractivity contribution < 1.29 is 0 Å². The van der Waals surface area contributed by atoms with Crippen LogP contribution in [0.25, 0.3) is 49.9 Å². The molecule has 0 saturated carbocycles. The maximum atomic E-state index is 4.88. The average Bonchev–Trinajstić information content (AvgIpc) is 3.46. The fourth-order valence-electron chi connectivity index (χ4n) is 7.48. The number of pyridine rings is 1. The summed E-state index contributed by atoms with van der Waals surface area (Å²) >= 11 is 0. The van der Waals surface area contributed by atoms with Crippen molar-refractivity contribution in [1.82, 2.24) is 9.55 Å². The van der Waals surface area contributed by atoms with Gasteiger partial charge in [-0.05, 0) is 62.7 Å². The highest BCUT2D eigenvalue weighted by Crippen LogP contribution is 2.63. The third kappa shape index (κ3) is 2.39. The predicted octanol–water partition coefficient (Wildman–Crippen LogP) is 8.79. The molecular weight excluding hydrogens is 448 g/mol. The number of para-hydroxylation sites is 1. The lowest BCUT2D eigenvalue weighted by Gasteiger charge is -2.27. The Morgan fingerprint density at radius 1 is 0.595 bits per heavy atom. The highest BCUT2D eigenvalue weighted by atomic mass is 15.1. The summed E-state index contributed by atoms with van der Waals surface area (Å²) in [7, 11) is 0. The molecule has 0 N–H and O–H groups in total. The molecule has 0 bridgehead atoms. The molecular formula is C35H28N2. The Kier molecular flexibility index (Phi) is 3.84. The minimum Gasteiger partial charge on any atom is -0.293 e. The van der Waals surface area contributed by atoms with E-state index >= 15 is 0 Å².